The van der Waals surface area contributed by atoms with Crippen LogP contribution in [0.15, 0.2) is 24.3 Å². The van der Waals surface area contributed by atoms with Gasteiger partial charge in [-0.15, -0.1) is 0 Å². The van der Waals surface area contributed by atoms with Crippen molar-refractivity contribution in [2.75, 3.05) is 13.8 Å². The Bertz CT molecular complexity index is 576. The second-order valence-corrected chi connectivity index (χ2v) is 6.27. The van der Waals surface area contributed by atoms with E-state index in [0.717, 1.165) is 5.56 Å². The largest absolute Gasteiger partial charge is 0.444 e. The van der Waals surface area contributed by atoms with E-state index in [9.17, 15) is 9.59 Å². The van der Waals surface area contributed by atoms with Crippen LogP contribution in [0.4, 0.5) is 4.79 Å². The molecule has 2 rings (SSSR count). The zero-order valence-electron chi connectivity index (χ0n) is 13.1. The van der Waals surface area contributed by atoms with Crippen molar-refractivity contribution in [3.05, 3.63) is 35.4 Å². The molecule has 1 atom stereocenters. The normalized spacial score (nSPS) is 20.5. The molecule has 0 N–H and O–H groups in total. The Morgan fingerprint density at radius 2 is 1.90 bits per heavy atom. The van der Waals surface area contributed by atoms with Gasteiger partial charge in [-0.05, 0) is 33.3 Å². The molecule has 1 aliphatic carbocycles. The number of nitrogens with zero attached hydrogens (tertiary/aromatic N) is 1. The van der Waals surface area contributed by atoms with Crippen LogP contribution in [0.3, 0.4) is 0 Å². The zero-order valence-corrected chi connectivity index (χ0v) is 13.1. The Labute approximate surface area is 124 Å². The fourth-order valence-corrected chi connectivity index (χ4v) is 2.51. The predicted molar refractivity (Wildman–Crippen MR) is 78.1 cm³/mol. The number of Topliss-reactive ketones (excluding diaryl/α,β-unsaturated/α-hetero) is 1. The van der Waals surface area contributed by atoms with Crippen LogP contribution in [0.5, 0.6) is 0 Å². The van der Waals surface area contributed by atoms with Gasteiger partial charge in [-0.25, -0.2) is 4.79 Å². The SMILES string of the molecule is COCN(C(=O)OC(C)(C)C)[C@@]1(C)C(=O)c2ccccc21. The fraction of sp³-hybridized carbons (Fsp3) is 0.500. The van der Waals surface area contributed by atoms with Gasteiger partial charge in [-0.3, -0.25) is 9.69 Å². The predicted octanol–water partition coefficient (Wildman–Crippen LogP) is 2.94. The summed E-state index contributed by atoms with van der Waals surface area (Å²) < 4.78 is 10.5. The standard InChI is InChI=1S/C16H21NO4/c1-15(2,3)21-14(19)17(10-20-5)16(4)12-9-7-6-8-11(12)13(16)18/h6-9H,10H2,1-5H3/t16-/m1/s1. The Morgan fingerprint density at radius 1 is 1.29 bits per heavy atom. The van der Waals surface area contributed by atoms with Gasteiger partial charge in [-0.2, -0.15) is 0 Å². The van der Waals surface area contributed by atoms with Crippen LogP contribution >= 0.6 is 0 Å². The quantitative estimate of drug-likeness (QED) is 0.803. The highest BCUT2D eigenvalue weighted by atomic mass is 16.6. The van der Waals surface area contributed by atoms with E-state index in [2.05, 4.69) is 0 Å². The van der Waals surface area contributed by atoms with Gasteiger partial charge in [0.15, 0.2) is 5.78 Å². The molecule has 1 aromatic rings. The molecule has 0 heterocycles. The molecule has 1 aliphatic rings. The summed E-state index contributed by atoms with van der Waals surface area (Å²) in [6.45, 7) is 7.07. The monoisotopic (exact) mass is 291 g/mol. The highest BCUT2D eigenvalue weighted by Gasteiger charge is 2.54. The number of rotatable bonds is 3. The fourth-order valence-electron chi connectivity index (χ4n) is 2.51. The van der Waals surface area contributed by atoms with E-state index in [-0.39, 0.29) is 12.5 Å². The van der Waals surface area contributed by atoms with Crippen molar-refractivity contribution in [1.29, 1.82) is 0 Å². The van der Waals surface area contributed by atoms with Crippen molar-refractivity contribution in [3.63, 3.8) is 0 Å². The van der Waals surface area contributed by atoms with E-state index >= 15 is 0 Å². The molecule has 0 saturated carbocycles. The summed E-state index contributed by atoms with van der Waals surface area (Å²) in [6, 6.07) is 7.28. The molecular formula is C16H21NO4. The van der Waals surface area contributed by atoms with Gasteiger partial charge in [-0.1, -0.05) is 24.3 Å². The number of carbonyl (C=O) groups excluding carboxylic acids is 2. The zero-order chi connectivity index (χ0) is 15.8. The van der Waals surface area contributed by atoms with Crippen molar-refractivity contribution in [3.8, 4) is 0 Å². The Hall–Kier alpha value is -1.88. The third-order valence-electron chi connectivity index (χ3n) is 3.55. The number of hydrogen-bond donors (Lipinski definition) is 0. The van der Waals surface area contributed by atoms with Crippen LogP contribution in [0.25, 0.3) is 0 Å². The van der Waals surface area contributed by atoms with Gasteiger partial charge in [0.05, 0.1) is 0 Å². The van der Waals surface area contributed by atoms with Crippen LogP contribution in [0, 0.1) is 0 Å². The average Bonchev–Trinajstić information content (AvgIpc) is 2.41. The van der Waals surface area contributed by atoms with E-state index in [1.807, 2.05) is 18.2 Å². The summed E-state index contributed by atoms with van der Waals surface area (Å²) in [5.74, 6) is -0.0963. The third kappa shape index (κ3) is 2.53. The first-order valence-corrected chi connectivity index (χ1v) is 6.85. The highest BCUT2D eigenvalue weighted by molar-refractivity contribution is 6.14. The molecule has 21 heavy (non-hydrogen) atoms. The lowest BCUT2D eigenvalue weighted by Crippen LogP contribution is -2.60. The molecule has 0 saturated heterocycles. The number of methoxy groups -OCH3 is 1. The van der Waals surface area contributed by atoms with Crippen LogP contribution < -0.4 is 0 Å². The van der Waals surface area contributed by atoms with Crippen LogP contribution in [-0.2, 0) is 15.0 Å². The lowest BCUT2D eigenvalue weighted by molar-refractivity contribution is -0.0385. The van der Waals surface area contributed by atoms with Crippen LogP contribution in [-0.4, -0.2) is 36.2 Å². The van der Waals surface area contributed by atoms with Gasteiger partial charge in [0.2, 0.25) is 0 Å². The van der Waals surface area contributed by atoms with Crippen molar-refractivity contribution in [2.45, 2.75) is 38.8 Å². The van der Waals surface area contributed by atoms with Crippen molar-refractivity contribution in [2.24, 2.45) is 0 Å². The Morgan fingerprint density at radius 3 is 2.48 bits per heavy atom. The smallest absolute Gasteiger partial charge is 0.413 e. The number of benzene rings is 1. The summed E-state index contributed by atoms with van der Waals surface area (Å²) in [6.07, 6.45) is -0.560. The van der Waals surface area contributed by atoms with Gasteiger partial charge in [0.1, 0.15) is 17.9 Å². The number of carbonyl (C=O) groups is 2. The van der Waals surface area contributed by atoms with Gasteiger partial charge >= 0.3 is 6.09 Å². The molecule has 114 valence electrons. The first-order valence-electron chi connectivity index (χ1n) is 6.85. The van der Waals surface area contributed by atoms with Crippen molar-refractivity contribution in [1.82, 2.24) is 4.90 Å². The minimum absolute atomic E-state index is 0.00844. The molecule has 0 aliphatic heterocycles. The lowest BCUT2D eigenvalue weighted by Gasteiger charge is -2.46. The van der Waals surface area contributed by atoms with Crippen LogP contribution in [0.1, 0.15) is 43.6 Å². The van der Waals surface area contributed by atoms with Gasteiger partial charge in [0.25, 0.3) is 0 Å². The molecule has 5 heteroatoms. The molecule has 0 fully saturated rings. The molecule has 0 spiro atoms. The average molecular weight is 291 g/mol. The molecular weight excluding hydrogens is 270 g/mol. The maximum atomic E-state index is 12.5. The highest BCUT2D eigenvalue weighted by Crippen LogP contribution is 2.43. The van der Waals surface area contributed by atoms with E-state index in [1.54, 1.807) is 33.8 Å². The van der Waals surface area contributed by atoms with Crippen LogP contribution in [0.2, 0.25) is 0 Å². The number of ketones is 1. The van der Waals surface area contributed by atoms with Gasteiger partial charge in [0, 0.05) is 12.7 Å². The second-order valence-electron chi connectivity index (χ2n) is 6.27. The number of hydrogen-bond acceptors (Lipinski definition) is 4. The van der Waals surface area contributed by atoms with Crippen molar-refractivity contribution >= 4 is 11.9 Å². The summed E-state index contributed by atoms with van der Waals surface area (Å²) >= 11 is 0. The summed E-state index contributed by atoms with van der Waals surface area (Å²) in [5.41, 5.74) is -0.205. The summed E-state index contributed by atoms with van der Waals surface area (Å²) in [7, 11) is 1.48. The molecule has 0 aromatic heterocycles. The molecule has 0 bridgehead atoms. The number of fused-ring (bicyclic) bond motifs is 1. The Kier molecular flexibility index (Phi) is 3.80. The van der Waals surface area contributed by atoms with Gasteiger partial charge < -0.3 is 9.47 Å². The topological polar surface area (TPSA) is 55.8 Å². The minimum Gasteiger partial charge on any atom is -0.444 e. The molecule has 0 unspecified atom stereocenters. The van der Waals surface area contributed by atoms with E-state index in [1.165, 1.54) is 12.0 Å². The van der Waals surface area contributed by atoms with E-state index in [0.29, 0.717) is 5.56 Å². The van der Waals surface area contributed by atoms with Crippen molar-refractivity contribution < 1.29 is 19.1 Å². The number of amides is 1. The first kappa shape index (κ1) is 15.5. The first-order chi connectivity index (χ1) is 9.71. The second kappa shape index (κ2) is 5.15. The molecule has 1 aromatic carbocycles. The summed E-state index contributed by atoms with van der Waals surface area (Å²) in [5, 5.41) is 0. The molecule has 5 nitrogen and oxygen atoms in total. The summed E-state index contributed by atoms with van der Waals surface area (Å²) in [4.78, 5) is 26.2. The third-order valence-corrected chi connectivity index (χ3v) is 3.55. The molecule has 1 amide bonds. The maximum Gasteiger partial charge on any atom is 0.413 e. The van der Waals surface area contributed by atoms with E-state index in [4.69, 9.17) is 9.47 Å². The maximum absolute atomic E-state index is 12.5. The lowest BCUT2D eigenvalue weighted by atomic mass is 9.69. The molecule has 0 radical (unpaired) electrons. The Balaban J connectivity index is 2.36. The minimum atomic E-state index is -1.03. The number of ether oxygens (including phenoxy) is 2. The van der Waals surface area contributed by atoms with E-state index < -0.39 is 17.2 Å².